The SMILES string of the molecule is C[C@]1(NC(=O)c2ccccc2)CCOC2(CCN(c3cc(N)ncn3)CC2)[C@@H]1O. The fourth-order valence-corrected chi connectivity index (χ4v) is 4.38. The van der Waals surface area contributed by atoms with Gasteiger partial charge in [-0.2, -0.15) is 0 Å². The summed E-state index contributed by atoms with van der Waals surface area (Å²) in [5, 5.41) is 14.4. The number of nitrogen functional groups attached to an aromatic ring is 1. The molecule has 2 aliphatic rings. The number of nitrogens with zero attached hydrogens (tertiary/aromatic N) is 3. The Kier molecular flexibility index (Phi) is 5.14. The highest BCUT2D eigenvalue weighted by molar-refractivity contribution is 5.94. The Morgan fingerprint density at radius 2 is 1.97 bits per heavy atom. The number of nitrogens with two attached hydrogens (primary N) is 1. The van der Waals surface area contributed by atoms with Crippen LogP contribution >= 0.6 is 0 Å². The van der Waals surface area contributed by atoms with Gasteiger partial charge in [0.1, 0.15) is 24.1 Å². The molecule has 1 spiro atoms. The third-order valence-corrected chi connectivity index (χ3v) is 6.16. The quantitative estimate of drug-likeness (QED) is 0.717. The molecule has 2 saturated heterocycles. The molecule has 2 aliphatic heterocycles. The fourth-order valence-electron chi connectivity index (χ4n) is 4.38. The molecule has 2 fully saturated rings. The van der Waals surface area contributed by atoms with Gasteiger partial charge in [0.25, 0.3) is 5.91 Å². The predicted octanol–water partition coefficient (Wildman–Crippen LogP) is 1.37. The van der Waals surface area contributed by atoms with Crippen molar-refractivity contribution in [2.75, 3.05) is 30.3 Å². The van der Waals surface area contributed by atoms with Crippen molar-refractivity contribution >= 4 is 17.5 Å². The Labute approximate surface area is 170 Å². The zero-order valence-corrected chi connectivity index (χ0v) is 16.5. The Morgan fingerprint density at radius 1 is 1.24 bits per heavy atom. The highest BCUT2D eigenvalue weighted by Crippen LogP contribution is 2.40. The van der Waals surface area contributed by atoms with Crippen LogP contribution < -0.4 is 16.0 Å². The van der Waals surface area contributed by atoms with Gasteiger partial charge in [0.05, 0.1) is 11.1 Å². The molecule has 154 valence electrons. The van der Waals surface area contributed by atoms with Crippen LogP contribution in [-0.4, -0.2) is 57.9 Å². The molecule has 8 heteroatoms. The molecule has 2 aromatic rings. The Hall–Kier alpha value is -2.71. The molecule has 0 saturated carbocycles. The van der Waals surface area contributed by atoms with E-state index in [0.717, 1.165) is 5.82 Å². The molecule has 1 aromatic carbocycles. The number of nitrogens with one attached hydrogen (secondary N) is 1. The van der Waals surface area contributed by atoms with Crippen molar-refractivity contribution in [1.29, 1.82) is 0 Å². The van der Waals surface area contributed by atoms with Gasteiger partial charge in [-0.1, -0.05) is 18.2 Å². The van der Waals surface area contributed by atoms with Gasteiger partial charge in [0, 0.05) is 31.3 Å². The summed E-state index contributed by atoms with van der Waals surface area (Å²) in [7, 11) is 0. The van der Waals surface area contributed by atoms with E-state index in [1.807, 2.05) is 25.1 Å². The maximum absolute atomic E-state index is 12.7. The van der Waals surface area contributed by atoms with Crippen molar-refractivity contribution in [1.82, 2.24) is 15.3 Å². The number of rotatable bonds is 3. The van der Waals surface area contributed by atoms with E-state index in [-0.39, 0.29) is 5.91 Å². The largest absolute Gasteiger partial charge is 0.388 e. The number of benzene rings is 1. The molecule has 1 aromatic heterocycles. The summed E-state index contributed by atoms with van der Waals surface area (Å²) in [5.74, 6) is 1.02. The molecule has 0 aliphatic carbocycles. The van der Waals surface area contributed by atoms with Gasteiger partial charge in [-0.3, -0.25) is 4.79 Å². The van der Waals surface area contributed by atoms with Crippen LogP contribution in [0.3, 0.4) is 0 Å². The van der Waals surface area contributed by atoms with Crippen LogP contribution in [0.15, 0.2) is 42.7 Å². The van der Waals surface area contributed by atoms with E-state index >= 15 is 0 Å². The molecule has 29 heavy (non-hydrogen) atoms. The molecule has 4 rings (SSSR count). The summed E-state index contributed by atoms with van der Waals surface area (Å²) in [4.78, 5) is 23.1. The van der Waals surface area contributed by atoms with E-state index < -0.39 is 17.2 Å². The third-order valence-electron chi connectivity index (χ3n) is 6.16. The summed E-state index contributed by atoms with van der Waals surface area (Å²) in [6.45, 7) is 3.75. The zero-order chi connectivity index (χ0) is 20.5. The zero-order valence-electron chi connectivity index (χ0n) is 16.5. The molecule has 3 heterocycles. The fraction of sp³-hybridized carbons (Fsp3) is 0.476. The van der Waals surface area contributed by atoms with Gasteiger partial charge in [-0.05, 0) is 38.3 Å². The third kappa shape index (κ3) is 3.77. The normalized spacial score (nSPS) is 26.3. The van der Waals surface area contributed by atoms with Crippen LogP contribution in [-0.2, 0) is 4.74 Å². The molecule has 2 atom stereocenters. The number of aliphatic hydroxyl groups excluding tert-OH is 1. The molecule has 4 N–H and O–H groups in total. The Balaban J connectivity index is 1.47. The average molecular weight is 397 g/mol. The number of hydrogen-bond acceptors (Lipinski definition) is 7. The number of piperidine rings is 1. The predicted molar refractivity (Wildman–Crippen MR) is 110 cm³/mol. The number of hydrogen-bond donors (Lipinski definition) is 3. The lowest BCUT2D eigenvalue weighted by molar-refractivity contribution is -0.195. The van der Waals surface area contributed by atoms with Crippen LogP contribution in [0, 0.1) is 0 Å². The molecule has 0 bridgehead atoms. The van der Waals surface area contributed by atoms with Crippen LogP contribution in [0.5, 0.6) is 0 Å². The van der Waals surface area contributed by atoms with Crippen molar-refractivity contribution in [3.63, 3.8) is 0 Å². The number of carbonyl (C=O) groups excluding carboxylic acids is 1. The van der Waals surface area contributed by atoms with Crippen molar-refractivity contribution in [2.24, 2.45) is 0 Å². The first-order valence-electron chi connectivity index (χ1n) is 9.94. The van der Waals surface area contributed by atoms with Crippen molar-refractivity contribution in [2.45, 2.75) is 43.4 Å². The number of amides is 1. The van der Waals surface area contributed by atoms with Gasteiger partial charge < -0.3 is 25.8 Å². The minimum Gasteiger partial charge on any atom is -0.388 e. The number of aromatic nitrogens is 2. The van der Waals surface area contributed by atoms with Gasteiger partial charge in [-0.15, -0.1) is 0 Å². The summed E-state index contributed by atoms with van der Waals surface area (Å²) in [5.41, 5.74) is 4.91. The Morgan fingerprint density at radius 3 is 2.66 bits per heavy atom. The topological polar surface area (TPSA) is 114 Å². The van der Waals surface area contributed by atoms with E-state index in [1.165, 1.54) is 6.33 Å². The maximum Gasteiger partial charge on any atom is 0.251 e. The number of anilines is 2. The van der Waals surface area contributed by atoms with E-state index in [4.69, 9.17) is 10.5 Å². The Bertz CT molecular complexity index is 870. The maximum atomic E-state index is 12.7. The number of aliphatic hydroxyl groups is 1. The average Bonchev–Trinajstić information content (AvgIpc) is 2.73. The lowest BCUT2D eigenvalue weighted by atomic mass is 9.73. The standard InChI is InChI=1S/C21H27N5O3/c1-20(25-18(27)15-5-3-2-4-6-15)9-12-29-21(19(20)28)7-10-26(11-8-21)17-13-16(22)23-14-24-17/h2-6,13-14,19,28H,7-12H2,1H3,(H,25,27)(H2,22,23,24)/t19-,20+/m1/s1. The second-order valence-electron chi connectivity index (χ2n) is 8.09. The van der Waals surface area contributed by atoms with E-state index in [0.29, 0.717) is 50.3 Å². The first-order chi connectivity index (χ1) is 13.9. The van der Waals surface area contributed by atoms with Crippen molar-refractivity contribution < 1.29 is 14.6 Å². The molecule has 0 radical (unpaired) electrons. The minimum atomic E-state index is -0.811. The van der Waals surface area contributed by atoms with E-state index in [9.17, 15) is 9.90 Å². The van der Waals surface area contributed by atoms with Gasteiger partial charge in [0.15, 0.2) is 0 Å². The lowest BCUT2D eigenvalue weighted by Gasteiger charge is -2.53. The van der Waals surface area contributed by atoms with E-state index in [2.05, 4.69) is 20.2 Å². The highest BCUT2D eigenvalue weighted by Gasteiger charge is 2.54. The van der Waals surface area contributed by atoms with E-state index in [1.54, 1.807) is 18.2 Å². The van der Waals surface area contributed by atoms with Crippen LogP contribution in [0.4, 0.5) is 11.6 Å². The summed E-state index contributed by atoms with van der Waals surface area (Å²) < 4.78 is 6.12. The summed E-state index contributed by atoms with van der Waals surface area (Å²) in [6.07, 6.45) is 2.47. The second kappa shape index (κ2) is 7.61. The first-order valence-corrected chi connectivity index (χ1v) is 9.94. The second-order valence-corrected chi connectivity index (χ2v) is 8.09. The number of carbonyl (C=O) groups is 1. The highest BCUT2D eigenvalue weighted by atomic mass is 16.5. The monoisotopic (exact) mass is 397 g/mol. The summed E-state index contributed by atoms with van der Waals surface area (Å²) in [6, 6.07) is 10.8. The van der Waals surface area contributed by atoms with Crippen LogP contribution in [0.1, 0.15) is 36.5 Å². The molecule has 0 unspecified atom stereocenters. The molecular weight excluding hydrogens is 370 g/mol. The minimum absolute atomic E-state index is 0.182. The first kappa shape index (κ1) is 19.6. The van der Waals surface area contributed by atoms with Gasteiger partial charge in [0.2, 0.25) is 0 Å². The number of ether oxygens (including phenoxy) is 1. The van der Waals surface area contributed by atoms with Gasteiger partial charge >= 0.3 is 0 Å². The molecule has 8 nitrogen and oxygen atoms in total. The van der Waals surface area contributed by atoms with Gasteiger partial charge in [-0.25, -0.2) is 9.97 Å². The lowest BCUT2D eigenvalue weighted by Crippen LogP contribution is -2.69. The smallest absolute Gasteiger partial charge is 0.251 e. The van der Waals surface area contributed by atoms with Crippen molar-refractivity contribution in [3.05, 3.63) is 48.3 Å². The van der Waals surface area contributed by atoms with Crippen LogP contribution in [0.2, 0.25) is 0 Å². The van der Waals surface area contributed by atoms with Crippen LogP contribution in [0.25, 0.3) is 0 Å². The molecular formula is C21H27N5O3. The molecule has 1 amide bonds. The van der Waals surface area contributed by atoms with Crippen molar-refractivity contribution in [3.8, 4) is 0 Å². The summed E-state index contributed by atoms with van der Waals surface area (Å²) >= 11 is 0.